The molecule has 0 aliphatic heterocycles. The third kappa shape index (κ3) is 3.73. The molecule has 136 valence electrons. The van der Waals surface area contributed by atoms with Crippen LogP contribution in [0.4, 0.5) is 5.69 Å². The lowest BCUT2D eigenvalue weighted by Crippen LogP contribution is -2.15. The number of hydrogen-bond acceptors (Lipinski definition) is 5. The van der Waals surface area contributed by atoms with Crippen molar-refractivity contribution >= 4 is 27.0 Å². The maximum absolute atomic E-state index is 13.0. The lowest BCUT2D eigenvalue weighted by atomic mass is 10.1. The first-order chi connectivity index (χ1) is 12.4. The number of aromatic nitrogens is 1. The first-order valence-corrected chi connectivity index (χ1v) is 10.5. The Kier molecular flexibility index (Phi) is 5.29. The molecule has 0 saturated heterocycles. The van der Waals surface area contributed by atoms with Gasteiger partial charge in [-0.15, -0.1) is 11.3 Å². The molecule has 0 atom stereocenters. The van der Waals surface area contributed by atoms with E-state index >= 15 is 0 Å². The van der Waals surface area contributed by atoms with Gasteiger partial charge in [0.15, 0.2) is 0 Å². The minimum Gasteiger partial charge on any atom is -0.495 e. The highest BCUT2D eigenvalue weighted by atomic mass is 32.2. The van der Waals surface area contributed by atoms with Gasteiger partial charge in [0, 0.05) is 10.9 Å². The van der Waals surface area contributed by atoms with E-state index in [1.165, 1.54) is 18.4 Å². The molecule has 3 rings (SSSR count). The Hall–Kier alpha value is -2.38. The number of nitrogens with one attached hydrogen (secondary N) is 1. The van der Waals surface area contributed by atoms with Crippen molar-refractivity contribution in [3.05, 3.63) is 58.4 Å². The molecule has 5 nitrogen and oxygen atoms in total. The largest absolute Gasteiger partial charge is 0.495 e. The van der Waals surface area contributed by atoms with Gasteiger partial charge in [0.25, 0.3) is 10.0 Å². The van der Waals surface area contributed by atoms with Crippen LogP contribution in [0.1, 0.15) is 17.5 Å². The molecule has 26 heavy (non-hydrogen) atoms. The molecule has 0 aliphatic carbocycles. The molecule has 0 radical (unpaired) electrons. The van der Waals surface area contributed by atoms with Gasteiger partial charge in [-0.25, -0.2) is 13.4 Å². The molecule has 1 N–H and O–H groups in total. The minimum absolute atomic E-state index is 0.0917. The van der Waals surface area contributed by atoms with E-state index in [0.717, 1.165) is 28.2 Å². The number of aryl methyl sites for hydroxylation is 2. The fourth-order valence-electron chi connectivity index (χ4n) is 2.67. The quantitative estimate of drug-likeness (QED) is 0.675. The maximum Gasteiger partial charge on any atom is 0.265 e. The normalized spacial score (nSPS) is 11.3. The number of methoxy groups -OCH3 is 1. The summed E-state index contributed by atoms with van der Waals surface area (Å²) in [5, 5.41) is 2.84. The molecule has 3 aromatic rings. The zero-order chi connectivity index (χ0) is 18.7. The fraction of sp³-hybridized carbons (Fsp3) is 0.211. The lowest BCUT2D eigenvalue weighted by Gasteiger charge is -2.14. The number of para-hydroxylation sites is 1. The Morgan fingerprint density at radius 3 is 2.62 bits per heavy atom. The van der Waals surface area contributed by atoms with Gasteiger partial charge in [0.2, 0.25) is 0 Å². The van der Waals surface area contributed by atoms with Gasteiger partial charge in [-0.3, -0.25) is 4.72 Å². The van der Waals surface area contributed by atoms with E-state index in [-0.39, 0.29) is 4.90 Å². The summed E-state index contributed by atoms with van der Waals surface area (Å²) in [6.45, 7) is 3.90. The van der Waals surface area contributed by atoms with Crippen molar-refractivity contribution in [2.75, 3.05) is 11.8 Å². The van der Waals surface area contributed by atoms with Crippen LogP contribution in [0.2, 0.25) is 0 Å². The summed E-state index contributed by atoms with van der Waals surface area (Å²) in [7, 11) is -2.35. The van der Waals surface area contributed by atoms with Crippen LogP contribution in [0.15, 0.2) is 52.7 Å². The van der Waals surface area contributed by atoms with Crippen LogP contribution >= 0.6 is 11.3 Å². The third-order valence-corrected chi connectivity index (χ3v) is 6.17. The number of ether oxygens (including phenoxy) is 1. The molecule has 2 aromatic carbocycles. The number of sulfonamides is 1. The van der Waals surface area contributed by atoms with E-state index in [0.29, 0.717) is 11.4 Å². The van der Waals surface area contributed by atoms with Crippen molar-refractivity contribution < 1.29 is 13.2 Å². The SMILES string of the molecule is CCc1ccccc1NS(=O)(=O)c1cc(-c2csc(C)n2)ccc1OC. The predicted octanol–water partition coefficient (Wildman–Crippen LogP) is 4.49. The minimum atomic E-state index is -3.81. The van der Waals surface area contributed by atoms with Crippen LogP contribution in [0.25, 0.3) is 11.3 Å². The number of nitrogens with zero attached hydrogens (tertiary/aromatic N) is 1. The monoisotopic (exact) mass is 388 g/mol. The number of rotatable bonds is 6. The third-order valence-electron chi connectivity index (χ3n) is 4.01. The molecule has 0 spiro atoms. The summed E-state index contributed by atoms with van der Waals surface area (Å²) in [4.78, 5) is 4.53. The van der Waals surface area contributed by atoms with Crippen molar-refractivity contribution in [2.45, 2.75) is 25.2 Å². The van der Waals surface area contributed by atoms with Gasteiger partial charge < -0.3 is 4.74 Å². The second-order valence-corrected chi connectivity index (χ2v) is 8.45. The Bertz CT molecular complexity index is 1030. The van der Waals surface area contributed by atoms with E-state index < -0.39 is 10.0 Å². The summed E-state index contributed by atoms with van der Waals surface area (Å²) in [6.07, 6.45) is 0.730. The molecular formula is C19H20N2O3S2. The molecule has 0 aliphatic rings. The van der Waals surface area contributed by atoms with Crippen LogP contribution in [0.3, 0.4) is 0 Å². The zero-order valence-corrected chi connectivity index (χ0v) is 16.4. The summed E-state index contributed by atoms with van der Waals surface area (Å²) in [5.41, 5.74) is 2.99. The zero-order valence-electron chi connectivity index (χ0n) is 14.8. The van der Waals surface area contributed by atoms with E-state index in [9.17, 15) is 8.42 Å². The van der Waals surface area contributed by atoms with E-state index in [2.05, 4.69) is 9.71 Å². The van der Waals surface area contributed by atoms with Crippen molar-refractivity contribution in [3.63, 3.8) is 0 Å². The summed E-state index contributed by atoms with van der Waals surface area (Å²) >= 11 is 1.52. The first kappa shape index (κ1) is 18.4. The summed E-state index contributed by atoms with van der Waals surface area (Å²) < 4.78 is 34.0. The van der Waals surface area contributed by atoms with Gasteiger partial charge in [0.05, 0.1) is 23.5 Å². The number of anilines is 1. The van der Waals surface area contributed by atoms with Crippen molar-refractivity contribution in [1.82, 2.24) is 4.98 Å². The van der Waals surface area contributed by atoms with Crippen LogP contribution in [-0.4, -0.2) is 20.5 Å². The van der Waals surface area contributed by atoms with Gasteiger partial charge in [0.1, 0.15) is 10.6 Å². The molecule has 1 aromatic heterocycles. The van der Waals surface area contributed by atoms with Gasteiger partial charge in [-0.2, -0.15) is 0 Å². The van der Waals surface area contributed by atoms with Crippen molar-refractivity contribution in [3.8, 4) is 17.0 Å². The summed E-state index contributed by atoms with van der Waals surface area (Å²) in [6, 6.07) is 12.4. The Balaban J connectivity index is 2.05. The standard InChI is InChI=1S/C19H20N2O3S2/c1-4-14-7-5-6-8-16(14)21-26(22,23)19-11-15(9-10-18(19)24-3)17-12-25-13(2)20-17/h5-12,21H,4H2,1-3H3. The molecule has 0 bridgehead atoms. The molecule has 7 heteroatoms. The highest BCUT2D eigenvalue weighted by Crippen LogP contribution is 2.32. The predicted molar refractivity (Wildman–Crippen MR) is 105 cm³/mol. The Morgan fingerprint density at radius 1 is 1.19 bits per heavy atom. The second kappa shape index (κ2) is 7.47. The first-order valence-electron chi connectivity index (χ1n) is 8.16. The van der Waals surface area contributed by atoms with Crippen molar-refractivity contribution in [2.24, 2.45) is 0 Å². The number of thiazole rings is 1. The van der Waals surface area contributed by atoms with Crippen LogP contribution in [0.5, 0.6) is 5.75 Å². The fourth-order valence-corrected chi connectivity index (χ4v) is 4.59. The molecule has 0 unspecified atom stereocenters. The molecule has 0 amide bonds. The van der Waals surface area contributed by atoms with Crippen molar-refractivity contribution in [1.29, 1.82) is 0 Å². The Morgan fingerprint density at radius 2 is 1.96 bits per heavy atom. The van der Waals surface area contributed by atoms with Crippen LogP contribution in [-0.2, 0) is 16.4 Å². The Labute approximate surface area is 157 Å². The average Bonchev–Trinajstić information content (AvgIpc) is 3.07. The molecule has 0 fully saturated rings. The van der Waals surface area contributed by atoms with E-state index in [4.69, 9.17) is 4.74 Å². The van der Waals surface area contributed by atoms with Gasteiger partial charge in [-0.05, 0) is 43.2 Å². The average molecular weight is 389 g/mol. The van der Waals surface area contributed by atoms with E-state index in [1.54, 1.807) is 18.2 Å². The van der Waals surface area contributed by atoms with Crippen LogP contribution < -0.4 is 9.46 Å². The highest BCUT2D eigenvalue weighted by molar-refractivity contribution is 7.92. The topological polar surface area (TPSA) is 68.3 Å². The van der Waals surface area contributed by atoms with Gasteiger partial charge >= 0.3 is 0 Å². The summed E-state index contributed by atoms with van der Waals surface area (Å²) in [5.74, 6) is 0.294. The number of hydrogen-bond donors (Lipinski definition) is 1. The van der Waals surface area contributed by atoms with E-state index in [1.807, 2.05) is 43.5 Å². The molecular weight excluding hydrogens is 368 g/mol. The second-order valence-electron chi connectivity index (χ2n) is 5.73. The molecule has 0 saturated carbocycles. The molecule has 1 heterocycles. The number of benzene rings is 2. The van der Waals surface area contributed by atoms with Gasteiger partial charge in [-0.1, -0.05) is 25.1 Å². The highest BCUT2D eigenvalue weighted by Gasteiger charge is 2.22. The van der Waals surface area contributed by atoms with Crippen LogP contribution in [0, 0.1) is 6.92 Å². The smallest absolute Gasteiger partial charge is 0.265 e. The lowest BCUT2D eigenvalue weighted by molar-refractivity contribution is 0.403. The maximum atomic E-state index is 13.0.